The summed E-state index contributed by atoms with van der Waals surface area (Å²) in [6, 6.07) is 2.53. The van der Waals surface area contributed by atoms with Gasteiger partial charge in [0, 0.05) is 22.0 Å². The van der Waals surface area contributed by atoms with E-state index in [1.807, 2.05) is 0 Å². The molecule has 1 saturated heterocycles. The molecule has 0 bridgehead atoms. The molecule has 18 heavy (non-hydrogen) atoms. The number of hydrogen-bond acceptors (Lipinski definition) is 3. The third-order valence-corrected chi connectivity index (χ3v) is 5.85. The van der Waals surface area contributed by atoms with Crippen LogP contribution < -0.4 is 5.32 Å². The third-order valence-electron chi connectivity index (χ3n) is 3.26. The Hall–Kier alpha value is 0.390. The van der Waals surface area contributed by atoms with Crippen molar-refractivity contribution in [2.45, 2.75) is 44.8 Å². The molecule has 102 valence electrons. The second-order valence-corrected chi connectivity index (χ2v) is 7.13. The molecule has 1 aromatic heterocycles. The molecule has 0 amide bonds. The van der Waals surface area contributed by atoms with Gasteiger partial charge in [0.1, 0.15) is 4.34 Å². The van der Waals surface area contributed by atoms with Crippen LogP contribution in [-0.4, -0.2) is 19.3 Å². The topological polar surface area (TPSA) is 21.3 Å². The van der Waals surface area contributed by atoms with Crippen LogP contribution in [0.4, 0.5) is 0 Å². The predicted octanol–water partition coefficient (Wildman–Crippen LogP) is 4.77. The Kier molecular flexibility index (Phi) is 5.96. The first-order valence-electron chi connectivity index (χ1n) is 6.50. The fourth-order valence-electron chi connectivity index (χ4n) is 2.35. The van der Waals surface area contributed by atoms with E-state index in [1.165, 1.54) is 17.7 Å². The van der Waals surface area contributed by atoms with E-state index in [0.717, 1.165) is 34.8 Å². The van der Waals surface area contributed by atoms with Crippen LogP contribution in [-0.2, 0) is 4.74 Å². The summed E-state index contributed by atoms with van der Waals surface area (Å²) >= 11 is 11.3. The first-order valence-corrected chi connectivity index (χ1v) is 8.49. The summed E-state index contributed by atoms with van der Waals surface area (Å²) in [6.07, 6.45) is 5.14. The molecule has 5 heteroatoms. The average Bonchev–Trinajstić information content (AvgIpc) is 2.96. The Labute approximate surface area is 126 Å². The molecular weight excluding hydrogens is 334 g/mol. The van der Waals surface area contributed by atoms with Crippen molar-refractivity contribution in [3.8, 4) is 0 Å². The minimum atomic E-state index is 0.396. The van der Waals surface area contributed by atoms with E-state index < -0.39 is 0 Å². The molecule has 0 aliphatic carbocycles. The van der Waals surface area contributed by atoms with Gasteiger partial charge in [-0.05, 0) is 54.2 Å². The summed E-state index contributed by atoms with van der Waals surface area (Å²) in [5, 5.41) is 3.54. The van der Waals surface area contributed by atoms with Crippen LogP contribution in [0.15, 0.2) is 10.5 Å². The monoisotopic (exact) mass is 351 g/mol. The van der Waals surface area contributed by atoms with E-state index in [9.17, 15) is 0 Å². The van der Waals surface area contributed by atoms with Crippen molar-refractivity contribution in [3.63, 3.8) is 0 Å². The summed E-state index contributed by atoms with van der Waals surface area (Å²) in [5.74, 6) is 0. The van der Waals surface area contributed by atoms with Crippen LogP contribution in [0.25, 0.3) is 0 Å². The molecule has 1 aliphatic heterocycles. The quantitative estimate of drug-likeness (QED) is 0.796. The molecule has 1 aromatic rings. The first kappa shape index (κ1) is 14.8. The number of rotatable bonds is 6. The van der Waals surface area contributed by atoms with Crippen molar-refractivity contribution in [1.29, 1.82) is 0 Å². The van der Waals surface area contributed by atoms with Gasteiger partial charge in [0.05, 0.1) is 6.10 Å². The lowest BCUT2D eigenvalue weighted by atomic mass is 10.0. The molecule has 0 aromatic carbocycles. The van der Waals surface area contributed by atoms with Gasteiger partial charge >= 0.3 is 0 Å². The van der Waals surface area contributed by atoms with Gasteiger partial charge in [-0.2, -0.15) is 0 Å². The van der Waals surface area contributed by atoms with Crippen LogP contribution in [0, 0.1) is 0 Å². The molecular formula is C13H19BrClNOS. The predicted molar refractivity (Wildman–Crippen MR) is 81.7 cm³/mol. The lowest BCUT2D eigenvalue weighted by molar-refractivity contribution is 0.0997. The van der Waals surface area contributed by atoms with E-state index in [1.54, 1.807) is 11.3 Å². The molecule has 2 heterocycles. The smallest absolute Gasteiger partial charge is 0.107 e. The average molecular weight is 353 g/mol. The Morgan fingerprint density at radius 3 is 3.06 bits per heavy atom. The summed E-state index contributed by atoms with van der Waals surface area (Å²) in [7, 11) is 0. The first-order chi connectivity index (χ1) is 8.70. The van der Waals surface area contributed by atoms with Crippen LogP contribution in [0.5, 0.6) is 0 Å². The zero-order valence-corrected chi connectivity index (χ0v) is 13.7. The molecule has 2 unspecified atom stereocenters. The minimum absolute atomic E-state index is 0.396. The van der Waals surface area contributed by atoms with Crippen LogP contribution in [0.3, 0.4) is 0 Å². The van der Waals surface area contributed by atoms with E-state index in [-0.39, 0.29) is 0 Å². The molecule has 1 fully saturated rings. The second-order valence-electron chi connectivity index (χ2n) is 4.59. The summed E-state index contributed by atoms with van der Waals surface area (Å²) in [4.78, 5) is 1.31. The summed E-state index contributed by atoms with van der Waals surface area (Å²) in [5.41, 5.74) is 0. The Morgan fingerprint density at radius 2 is 2.50 bits per heavy atom. The zero-order valence-electron chi connectivity index (χ0n) is 10.5. The SMILES string of the molecule is CCNC(CCC1CCCO1)c1cc(Br)c(Cl)s1. The van der Waals surface area contributed by atoms with Crippen LogP contribution >= 0.6 is 38.9 Å². The van der Waals surface area contributed by atoms with Crippen molar-refractivity contribution >= 4 is 38.9 Å². The van der Waals surface area contributed by atoms with Gasteiger partial charge in [0.2, 0.25) is 0 Å². The number of halogens is 2. The summed E-state index contributed by atoms with van der Waals surface area (Å²) in [6.45, 7) is 4.06. The van der Waals surface area contributed by atoms with Crippen molar-refractivity contribution in [3.05, 3.63) is 19.8 Å². The maximum Gasteiger partial charge on any atom is 0.107 e. The number of hydrogen-bond donors (Lipinski definition) is 1. The van der Waals surface area contributed by atoms with E-state index in [2.05, 4.69) is 34.2 Å². The van der Waals surface area contributed by atoms with Gasteiger partial charge in [-0.15, -0.1) is 11.3 Å². The lowest BCUT2D eigenvalue weighted by Crippen LogP contribution is -2.21. The zero-order chi connectivity index (χ0) is 13.0. The highest BCUT2D eigenvalue weighted by Gasteiger charge is 2.20. The number of thiophene rings is 1. The number of ether oxygens (including phenoxy) is 1. The van der Waals surface area contributed by atoms with Gasteiger partial charge in [-0.1, -0.05) is 18.5 Å². The summed E-state index contributed by atoms with van der Waals surface area (Å²) < 4.78 is 7.53. The fraction of sp³-hybridized carbons (Fsp3) is 0.692. The van der Waals surface area contributed by atoms with Gasteiger partial charge in [-0.3, -0.25) is 0 Å². The maximum atomic E-state index is 6.12. The van der Waals surface area contributed by atoms with Gasteiger partial charge in [0.25, 0.3) is 0 Å². The molecule has 1 aliphatic rings. The highest BCUT2D eigenvalue weighted by atomic mass is 79.9. The number of nitrogens with one attached hydrogen (secondary N) is 1. The molecule has 0 saturated carbocycles. The molecule has 2 nitrogen and oxygen atoms in total. The molecule has 2 atom stereocenters. The second kappa shape index (κ2) is 7.25. The minimum Gasteiger partial charge on any atom is -0.378 e. The largest absolute Gasteiger partial charge is 0.378 e. The Morgan fingerprint density at radius 1 is 1.67 bits per heavy atom. The van der Waals surface area contributed by atoms with Gasteiger partial charge in [0.15, 0.2) is 0 Å². The molecule has 0 radical (unpaired) electrons. The van der Waals surface area contributed by atoms with Crippen molar-refractivity contribution < 1.29 is 4.74 Å². The van der Waals surface area contributed by atoms with Crippen molar-refractivity contribution in [2.75, 3.05) is 13.2 Å². The lowest BCUT2D eigenvalue weighted by Gasteiger charge is -2.18. The van der Waals surface area contributed by atoms with E-state index in [0.29, 0.717) is 12.1 Å². The Balaban J connectivity index is 1.94. The van der Waals surface area contributed by atoms with E-state index >= 15 is 0 Å². The Bertz CT molecular complexity index is 360. The molecule has 0 spiro atoms. The van der Waals surface area contributed by atoms with Crippen molar-refractivity contribution in [2.24, 2.45) is 0 Å². The van der Waals surface area contributed by atoms with Crippen LogP contribution in [0.1, 0.15) is 43.5 Å². The standard InChI is InChI=1S/C13H19BrClNOS/c1-2-16-11(6-5-9-4-3-7-17-9)12-8-10(14)13(15)18-12/h8-9,11,16H,2-7H2,1H3. The third kappa shape index (κ3) is 3.94. The fourth-order valence-corrected chi connectivity index (χ4v) is 4.20. The maximum absolute atomic E-state index is 6.12. The van der Waals surface area contributed by atoms with Crippen molar-refractivity contribution in [1.82, 2.24) is 5.32 Å². The molecule has 1 N–H and O–H groups in total. The van der Waals surface area contributed by atoms with Gasteiger partial charge < -0.3 is 10.1 Å². The van der Waals surface area contributed by atoms with Crippen LogP contribution in [0.2, 0.25) is 4.34 Å². The highest BCUT2D eigenvalue weighted by molar-refractivity contribution is 9.10. The highest BCUT2D eigenvalue weighted by Crippen LogP contribution is 2.37. The van der Waals surface area contributed by atoms with E-state index in [4.69, 9.17) is 16.3 Å². The van der Waals surface area contributed by atoms with Gasteiger partial charge in [-0.25, -0.2) is 0 Å². The normalized spacial score (nSPS) is 21.4. The molecule has 2 rings (SSSR count).